The van der Waals surface area contributed by atoms with E-state index in [0.29, 0.717) is 34.5 Å². The molecule has 0 saturated carbocycles. The van der Waals surface area contributed by atoms with E-state index in [1.165, 1.54) is 0 Å². The Balaban J connectivity index is 1.77. The fourth-order valence-electron chi connectivity index (χ4n) is 3.58. The van der Waals surface area contributed by atoms with Crippen LogP contribution in [0.5, 0.6) is 11.5 Å². The van der Waals surface area contributed by atoms with E-state index in [2.05, 4.69) is 20.7 Å². The Labute approximate surface area is 174 Å². The molecule has 0 unspecified atom stereocenters. The van der Waals surface area contributed by atoms with Gasteiger partial charge in [-0.2, -0.15) is 10.1 Å². The van der Waals surface area contributed by atoms with Gasteiger partial charge in [-0.3, -0.25) is 4.79 Å². The highest BCUT2D eigenvalue weighted by Gasteiger charge is 2.34. The highest BCUT2D eigenvalue weighted by molar-refractivity contribution is 6.06. The molecule has 1 aliphatic heterocycles. The van der Waals surface area contributed by atoms with Crippen molar-refractivity contribution in [3.05, 3.63) is 71.2 Å². The summed E-state index contributed by atoms with van der Waals surface area (Å²) in [6.45, 7) is 3.68. The Bertz CT molecular complexity index is 1120. The van der Waals surface area contributed by atoms with Gasteiger partial charge < -0.3 is 20.1 Å². The van der Waals surface area contributed by atoms with Crippen LogP contribution >= 0.6 is 0 Å². The van der Waals surface area contributed by atoms with Gasteiger partial charge >= 0.3 is 0 Å². The maximum Gasteiger partial charge on any atom is 0.255 e. The van der Waals surface area contributed by atoms with Crippen LogP contribution in [-0.2, 0) is 4.79 Å². The van der Waals surface area contributed by atoms with Crippen LogP contribution in [0.1, 0.15) is 24.4 Å². The molecule has 2 heterocycles. The summed E-state index contributed by atoms with van der Waals surface area (Å²) < 4.78 is 12.4. The summed E-state index contributed by atoms with van der Waals surface area (Å²) in [6.07, 6.45) is 0. The number of rotatable bonds is 5. The van der Waals surface area contributed by atoms with Crippen molar-refractivity contribution in [2.45, 2.75) is 19.9 Å². The highest BCUT2D eigenvalue weighted by atomic mass is 16.5. The first-order chi connectivity index (χ1) is 14.5. The van der Waals surface area contributed by atoms with Crippen molar-refractivity contribution in [2.24, 2.45) is 0 Å². The second-order valence-corrected chi connectivity index (χ2v) is 6.92. The van der Waals surface area contributed by atoms with Crippen molar-refractivity contribution in [2.75, 3.05) is 24.9 Å². The van der Waals surface area contributed by atoms with Crippen molar-refractivity contribution in [1.82, 2.24) is 14.8 Å². The lowest BCUT2D eigenvalue weighted by molar-refractivity contribution is -0.113. The molecule has 30 heavy (non-hydrogen) atoms. The van der Waals surface area contributed by atoms with Crippen LogP contribution in [0.25, 0.3) is 0 Å². The van der Waals surface area contributed by atoms with Gasteiger partial charge in [0, 0.05) is 5.70 Å². The first-order valence-electron chi connectivity index (χ1n) is 9.51. The summed E-state index contributed by atoms with van der Waals surface area (Å²) >= 11 is 0. The molecule has 0 radical (unpaired) electrons. The summed E-state index contributed by atoms with van der Waals surface area (Å²) in [6, 6.07) is 14.5. The Morgan fingerprint density at radius 3 is 2.50 bits per heavy atom. The zero-order valence-corrected chi connectivity index (χ0v) is 17.3. The molecule has 1 aliphatic rings. The molecule has 1 aromatic heterocycles. The lowest BCUT2D eigenvalue weighted by atomic mass is 9.95. The molecule has 3 aromatic rings. The summed E-state index contributed by atoms with van der Waals surface area (Å²) in [5, 5.41) is 10.7. The molecule has 0 aliphatic carbocycles. The van der Waals surface area contributed by atoms with Crippen molar-refractivity contribution in [3.63, 3.8) is 0 Å². The maximum atomic E-state index is 13.4. The second kappa shape index (κ2) is 7.90. The molecule has 0 saturated heterocycles. The number of amides is 1. The zero-order chi connectivity index (χ0) is 21.3. The van der Waals surface area contributed by atoms with Gasteiger partial charge in [-0.05, 0) is 43.7 Å². The van der Waals surface area contributed by atoms with Gasteiger partial charge in [0.05, 0.1) is 25.5 Å². The maximum absolute atomic E-state index is 13.4. The third kappa shape index (κ3) is 3.47. The number of anilines is 2. The highest BCUT2D eigenvalue weighted by Crippen LogP contribution is 2.36. The minimum atomic E-state index is -0.442. The summed E-state index contributed by atoms with van der Waals surface area (Å²) in [5.41, 5.74) is 2.75. The van der Waals surface area contributed by atoms with Crippen LogP contribution in [0.15, 0.2) is 59.8 Å². The molecule has 4 rings (SSSR count). The van der Waals surface area contributed by atoms with Gasteiger partial charge in [-0.25, -0.2) is 4.68 Å². The first kappa shape index (κ1) is 19.5. The number of benzene rings is 2. The lowest BCUT2D eigenvalue weighted by Gasteiger charge is -2.29. The smallest absolute Gasteiger partial charge is 0.255 e. The van der Waals surface area contributed by atoms with Gasteiger partial charge in [0.15, 0.2) is 0 Å². The molecule has 2 aromatic carbocycles. The number of hydrogen-bond acceptors (Lipinski definition) is 6. The van der Waals surface area contributed by atoms with Gasteiger partial charge in [-0.15, -0.1) is 0 Å². The fraction of sp³-hybridized carbons (Fsp3) is 0.227. The van der Waals surface area contributed by atoms with E-state index in [0.717, 1.165) is 11.3 Å². The minimum Gasteiger partial charge on any atom is -0.497 e. The zero-order valence-electron chi connectivity index (χ0n) is 17.3. The third-order valence-corrected chi connectivity index (χ3v) is 4.99. The Kier molecular flexibility index (Phi) is 5.14. The summed E-state index contributed by atoms with van der Waals surface area (Å²) in [5.74, 6) is 2.30. The number of nitrogens with one attached hydrogen (secondary N) is 2. The molecule has 8 nitrogen and oxygen atoms in total. The Morgan fingerprint density at radius 1 is 1.07 bits per heavy atom. The topological polar surface area (TPSA) is 90.3 Å². The largest absolute Gasteiger partial charge is 0.497 e. The van der Waals surface area contributed by atoms with Crippen LogP contribution in [0.3, 0.4) is 0 Å². The molecule has 0 bridgehead atoms. The standard InChI is InChI=1S/C22H23N5O3/c1-13-19(21(28)25-17-7-5-6-8-18(17)30-4)20(15-9-11-16(29-3)12-10-15)27-22(23-13)24-14(2)26-27/h5-12,20H,1-4H3,(H,25,28)(H,23,24,26)/t20-/m1/s1. The molecule has 0 spiro atoms. The number of ether oxygens (including phenoxy) is 2. The number of carbonyl (C=O) groups excluding carboxylic acids is 1. The number of allylic oxidation sites excluding steroid dienone is 1. The van der Waals surface area contributed by atoms with Crippen molar-refractivity contribution >= 4 is 17.5 Å². The molecule has 1 amide bonds. The second-order valence-electron chi connectivity index (χ2n) is 6.92. The van der Waals surface area contributed by atoms with Gasteiger partial charge in [0.2, 0.25) is 5.95 Å². The van der Waals surface area contributed by atoms with E-state index in [1.807, 2.05) is 50.2 Å². The van der Waals surface area contributed by atoms with E-state index >= 15 is 0 Å². The number of aryl methyl sites for hydroxylation is 1. The number of methoxy groups -OCH3 is 2. The predicted molar refractivity (Wildman–Crippen MR) is 114 cm³/mol. The third-order valence-electron chi connectivity index (χ3n) is 4.99. The fourth-order valence-corrected chi connectivity index (χ4v) is 3.58. The van der Waals surface area contributed by atoms with Crippen LogP contribution in [0.2, 0.25) is 0 Å². The van der Waals surface area contributed by atoms with Crippen LogP contribution in [-0.4, -0.2) is 34.9 Å². The van der Waals surface area contributed by atoms with Crippen molar-refractivity contribution in [3.8, 4) is 11.5 Å². The van der Waals surface area contributed by atoms with Crippen molar-refractivity contribution in [1.29, 1.82) is 0 Å². The number of hydrogen-bond donors (Lipinski definition) is 2. The number of fused-ring (bicyclic) bond motifs is 1. The van der Waals surface area contributed by atoms with E-state index in [1.54, 1.807) is 31.0 Å². The molecular weight excluding hydrogens is 382 g/mol. The predicted octanol–water partition coefficient (Wildman–Crippen LogP) is 3.53. The average molecular weight is 405 g/mol. The molecule has 2 N–H and O–H groups in total. The average Bonchev–Trinajstić information content (AvgIpc) is 3.12. The number of aromatic nitrogens is 3. The van der Waals surface area contributed by atoms with Gasteiger partial charge in [-0.1, -0.05) is 24.3 Å². The molecule has 1 atom stereocenters. The number of nitrogens with zero attached hydrogens (tertiary/aromatic N) is 3. The number of para-hydroxylation sites is 2. The molecule has 8 heteroatoms. The van der Waals surface area contributed by atoms with Crippen LogP contribution < -0.4 is 20.1 Å². The van der Waals surface area contributed by atoms with Gasteiger partial charge in [0.25, 0.3) is 5.91 Å². The Morgan fingerprint density at radius 2 is 1.80 bits per heavy atom. The monoisotopic (exact) mass is 405 g/mol. The SMILES string of the molecule is COc1ccc([C@@H]2C(C(=O)Nc3ccccc3OC)=C(C)Nc3nc(C)nn32)cc1. The molecule has 154 valence electrons. The minimum absolute atomic E-state index is 0.246. The van der Waals surface area contributed by atoms with Gasteiger partial charge in [0.1, 0.15) is 23.4 Å². The van der Waals surface area contributed by atoms with Crippen LogP contribution in [0, 0.1) is 6.92 Å². The molecule has 0 fully saturated rings. The lowest BCUT2D eigenvalue weighted by Crippen LogP contribution is -2.31. The van der Waals surface area contributed by atoms with Crippen molar-refractivity contribution < 1.29 is 14.3 Å². The van der Waals surface area contributed by atoms with Crippen LogP contribution in [0.4, 0.5) is 11.6 Å². The normalized spacial score (nSPS) is 15.3. The quantitative estimate of drug-likeness (QED) is 0.675. The summed E-state index contributed by atoms with van der Waals surface area (Å²) in [4.78, 5) is 17.9. The van der Waals surface area contributed by atoms with E-state index in [9.17, 15) is 4.79 Å². The van der Waals surface area contributed by atoms with E-state index < -0.39 is 6.04 Å². The number of carbonyl (C=O) groups is 1. The van der Waals surface area contributed by atoms with E-state index in [-0.39, 0.29) is 5.91 Å². The molecular formula is C22H23N5O3. The van der Waals surface area contributed by atoms with E-state index in [4.69, 9.17) is 9.47 Å². The summed E-state index contributed by atoms with van der Waals surface area (Å²) in [7, 11) is 3.19. The first-order valence-corrected chi connectivity index (χ1v) is 9.51. The Hall–Kier alpha value is -3.81.